The number of guanidine groups is 1. The van der Waals surface area contributed by atoms with E-state index in [1.54, 1.807) is 0 Å². The van der Waals surface area contributed by atoms with Crippen molar-refractivity contribution >= 4 is 29.9 Å². The molecule has 1 N–H and O–H groups in total. The van der Waals surface area contributed by atoms with Gasteiger partial charge in [-0.05, 0) is 43.2 Å². The first kappa shape index (κ1) is 17.5. The average Bonchev–Trinajstić information content (AvgIpc) is 3.12. The van der Waals surface area contributed by atoms with E-state index in [0.29, 0.717) is 5.41 Å². The molecule has 1 aliphatic carbocycles. The molecule has 2 heterocycles. The Morgan fingerprint density at radius 2 is 2.14 bits per heavy atom. The van der Waals surface area contributed by atoms with Crippen LogP contribution in [0.15, 0.2) is 23.3 Å². The van der Waals surface area contributed by atoms with Gasteiger partial charge in [-0.15, -0.1) is 24.0 Å². The number of aryl methyl sites for hydroxylation is 1. The van der Waals surface area contributed by atoms with Crippen LogP contribution in [-0.2, 0) is 6.54 Å². The van der Waals surface area contributed by atoms with Gasteiger partial charge in [0.05, 0.1) is 12.2 Å². The van der Waals surface area contributed by atoms with Crippen LogP contribution in [0, 0.1) is 12.3 Å². The van der Waals surface area contributed by atoms with E-state index < -0.39 is 0 Å². The zero-order valence-corrected chi connectivity index (χ0v) is 16.0. The van der Waals surface area contributed by atoms with Crippen molar-refractivity contribution in [2.75, 3.05) is 20.1 Å². The highest BCUT2D eigenvalue weighted by atomic mass is 127. The van der Waals surface area contributed by atoms with Crippen LogP contribution < -0.4 is 5.32 Å². The highest BCUT2D eigenvalue weighted by Gasteiger charge is 2.41. The Balaban J connectivity index is 0.00000176. The highest BCUT2D eigenvalue weighted by Crippen LogP contribution is 2.45. The molecule has 0 atom stereocenters. The summed E-state index contributed by atoms with van der Waals surface area (Å²) in [5.74, 6) is 1.03. The third kappa shape index (κ3) is 3.73. The monoisotopic (exact) mass is 414 g/mol. The topological polar surface area (TPSA) is 40.5 Å². The molecule has 4 nitrogen and oxygen atoms in total. The minimum Gasteiger partial charge on any atom is -0.351 e. The van der Waals surface area contributed by atoms with Crippen LogP contribution in [0.5, 0.6) is 0 Å². The average molecular weight is 414 g/mol. The van der Waals surface area contributed by atoms with E-state index in [1.807, 2.05) is 19.3 Å². The van der Waals surface area contributed by atoms with Crippen molar-refractivity contribution in [1.29, 1.82) is 0 Å². The van der Waals surface area contributed by atoms with Gasteiger partial charge in [0.2, 0.25) is 0 Å². The number of nitrogens with one attached hydrogen (secondary N) is 1. The Labute approximate surface area is 150 Å². The summed E-state index contributed by atoms with van der Waals surface area (Å²) in [4.78, 5) is 11.4. The zero-order chi connectivity index (χ0) is 14.7. The van der Waals surface area contributed by atoms with Crippen molar-refractivity contribution < 1.29 is 0 Å². The summed E-state index contributed by atoms with van der Waals surface area (Å²) in [7, 11) is 1.88. The van der Waals surface area contributed by atoms with E-state index in [9.17, 15) is 0 Å². The molecular formula is C17H27IN4. The largest absolute Gasteiger partial charge is 0.351 e. The van der Waals surface area contributed by atoms with Gasteiger partial charge in [-0.1, -0.05) is 18.9 Å². The van der Waals surface area contributed by atoms with Gasteiger partial charge in [-0.2, -0.15) is 0 Å². The third-order valence-corrected chi connectivity index (χ3v) is 5.15. The summed E-state index contributed by atoms with van der Waals surface area (Å²) in [6, 6.07) is 4.09. The lowest BCUT2D eigenvalue weighted by atomic mass is 9.86. The molecule has 22 heavy (non-hydrogen) atoms. The predicted molar refractivity (Wildman–Crippen MR) is 102 cm³/mol. The Morgan fingerprint density at radius 3 is 2.82 bits per heavy atom. The SMILES string of the molecule is CN=C(NCc1ncccc1C)N1CCC2(CCCC2)C1.I. The fourth-order valence-corrected chi connectivity index (χ4v) is 3.85. The van der Waals surface area contributed by atoms with Crippen LogP contribution in [0.4, 0.5) is 0 Å². The summed E-state index contributed by atoms with van der Waals surface area (Å²) in [6.45, 7) is 5.17. The summed E-state index contributed by atoms with van der Waals surface area (Å²) >= 11 is 0. The molecule has 122 valence electrons. The molecule has 1 aliphatic heterocycles. The van der Waals surface area contributed by atoms with Gasteiger partial charge < -0.3 is 10.2 Å². The number of hydrogen-bond donors (Lipinski definition) is 1. The fraction of sp³-hybridized carbons (Fsp3) is 0.647. The lowest BCUT2D eigenvalue weighted by Crippen LogP contribution is -2.40. The number of likely N-dealkylation sites (tertiary alicyclic amines) is 1. The molecule has 1 spiro atoms. The van der Waals surface area contributed by atoms with Crippen molar-refractivity contribution in [3.63, 3.8) is 0 Å². The molecule has 2 fully saturated rings. The van der Waals surface area contributed by atoms with Gasteiger partial charge in [0.25, 0.3) is 0 Å². The summed E-state index contributed by atoms with van der Waals surface area (Å²) < 4.78 is 0. The van der Waals surface area contributed by atoms with Crippen LogP contribution in [0.25, 0.3) is 0 Å². The molecule has 2 aliphatic rings. The van der Waals surface area contributed by atoms with Gasteiger partial charge in [0.1, 0.15) is 0 Å². The van der Waals surface area contributed by atoms with Crippen LogP contribution in [0.2, 0.25) is 0 Å². The lowest BCUT2D eigenvalue weighted by molar-refractivity contribution is 0.309. The smallest absolute Gasteiger partial charge is 0.193 e. The molecule has 3 rings (SSSR count). The first-order valence-electron chi connectivity index (χ1n) is 8.09. The van der Waals surface area contributed by atoms with Crippen molar-refractivity contribution in [3.8, 4) is 0 Å². The third-order valence-electron chi connectivity index (χ3n) is 5.15. The van der Waals surface area contributed by atoms with Gasteiger partial charge in [0, 0.05) is 26.3 Å². The molecular weight excluding hydrogens is 387 g/mol. The van der Waals surface area contributed by atoms with Crippen molar-refractivity contribution in [1.82, 2.24) is 15.2 Å². The van der Waals surface area contributed by atoms with Crippen LogP contribution in [0.3, 0.4) is 0 Å². The Bertz CT molecular complexity index is 523. The van der Waals surface area contributed by atoms with Gasteiger partial charge in [-0.3, -0.25) is 9.98 Å². The second-order valence-corrected chi connectivity index (χ2v) is 6.55. The molecule has 1 aromatic heterocycles. The Hall–Kier alpha value is -0.850. The first-order chi connectivity index (χ1) is 10.2. The lowest BCUT2D eigenvalue weighted by Gasteiger charge is -2.26. The number of nitrogens with zero attached hydrogens (tertiary/aromatic N) is 3. The van der Waals surface area contributed by atoms with Crippen LogP contribution in [-0.4, -0.2) is 36.0 Å². The van der Waals surface area contributed by atoms with Crippen molar-refractivity contribution in [3.05, 3.63) is 29.6 Å². The second kappa shape index (κ2) is 7.62. The minimum atomic E-state index is 0. The number of rotatable bonds is 2. The molecule has 1 aromatic rings. The van der Waals surface area contributed by atoms with E-state index in [1.165, 1.54) is 44.2 Å². The quantitative estimate of drug-likeness (QED) is 0.459. The molecule has 1 saturated carbocycles. The molecule has 0 unspecified atom stereocenters. The van der Waals surface area contributed by atoms with Crippen LogP contribution >= 0.6 is 24.0 Å². The van der Waals surface area contributed by atoms with E-state index in [-0.39, 0.29) is 24.0 Å². The standard InChI is InChI=1S/C17H26N4.HI/c1-14-6-5-10-19-15(14)12-20-16(18-2)21-11-9-17(13-21)7-3-4-8-17;/h5-6,10H,3-4,7-9,11-13H2,1-2H3,(H,18,20);1H. The van der Waals surface area contributed by atoms with Gasteiger partial charge >= 0.3 is 0 Å². The summed E-state index contributed by atoms with van der Waals surface area (Å²) in [5, 5.41) is 3.49. The number of aliphatic imine (C=N–C) groups is 1. The van der Waals surface area contributed by atoms with E-state index in [4.69, 9.17) is 0 Å². The maximum Gasteiger partial charge on any atom is 0.193 e. The van der Waals surface area contributed by atoms with Gasteiger partial charge in [-0.25, -0.2) is 0 Å². The molecule has 0 aromatic carbocycles. The molecule has 0 amide bonds. The minimum absolute atomic E-state index is 0. The summed E-state index contributed by atoms with van der Waals surface area (Å²) in [6.07, 6.45) is 8.81. The van der Waals surface area contributed by atoms with E-state index in [2.05, 4.69) is 33.2 Å². The number of pyridine rings is 1. The number of hydrogen-bond acceptors (Lipinski definition) is 2. The molecule has 1 saturated heterocycles. The van der Waals surface area contributed by atoms with E-state index in [0.717, 1.165) is 24.7 Å². The molecule has 0 bridgehead atoms. The zero-order valence-electron chi connectivity index (χ0n) is 13.6. The number of halogens is 1. The molecule has 0 radical (unpaired) electrons. The van der Waals surface area contributed by atoms with Gasteiger partial charge in [0.15, 0.2) is 5.96 Å². The second-order valence-electron chi connectivity index (χ2n) is 6.55. The maximum atomic E-state index is 4.47. The predicted octanol–water partition coefficient (Wildman–Crippen LogP) is 3.35. The van der Waals surface area contributed by atoms with Crippen molar-refractivity contribution in [2.24, 2.45) is 10.4 Å². The fourth-order valence-electron chi connectivity index (χ4n) is 3.85. The maximum absolute atomic E-state index is 4.47. The number of aromatic nitrogens is 1. The first-order valence-corrected chi connectivity index (χ1v) is 8.09. The Morgan fingerprint density at radius 1 is 1.36 bits per heavy atom. The summed E-state index contributed by atoms with van der Waals surface area (Å²) in [5.41, 5.74) is 2.92. The van der Waals surface area contributed by atoms with Crippen LogP contribution in [0.1, 0.15) is 43.4 Å². The van der Waals surface area contributed by atoms with Crippen molar-refractivity contribution in [2.45, 2.75) is 45.6 Å². The van der Waals surface area contributed by atoms with E-state index >= 15 is 0 Å². The normalized spacial score (nSPS) is 20.3. The molecule has 5 heteroatoms. The highest BCUT2D eigenvalue weighted by molar-refractivity contribution is 14.0. The Kier molecular flexibility index (Phi) is 6.06.